The summed E-state index contributed by atoms with van der Waals surface area (Å²) >= 11 is 6.00. The van der Waals surface area contributed by atoms with Crippen LogP contribution in [0, 0.1) is 0 Å². The number of aliphatic imine (C=N–C) groups is 1. The highest BCUT2D eigenvalue weighted by atomic mass is 35.5. The number of nitrogens with one attached hydrogen (secondary N) is 1. The van der Waals surface area contributed by atoms with E-state index in [0.29, 0.717) is 11.6 Å². The van der Waals surface area contributed by atoms with Crippen LogP contribution in [0.25, 0.3) is 0 Å². The van der Waals surface area contributed by atoms with Gasteiger partial charge in [-0.15, -0.1) is 0 Å². The van der Waals surface area contributed by atoms with Gasteiger partial charge in [-0.25, -0.2) is 0 Å². The molecule has 0 aromatic heterocycles. The number of hydrogen-bond donors (Lipinski definition) is 1. The second-order valence-electron chi connectivity index (χ2n) is 7.13. The minimum absolute atomic E-state index is 0.0665. The number of rotatable bonds is 8. The lowest BCUT2D eigenvalue weighted by molar-refractivity contribution is -0.00263. The molecule has 1 aliphatic rings. The normalized spacial score (nSPS) is 17.0. The van der Waals surface area contributed by atoms with Crippen molar-refractivity contribution in [2.45, 2.75) is 25.3 Å². The molecule has 0 aliphatic carbocycles. The van der Waals surface area contributed by atoms with Crippen LogP contribution in [0.5, 0.6) is 5.75 Å². The van der Waals surface area contributed by atoms with Gasteiger partial charge in [0.1, 0.15) is 12.4 Å². The van der Waals surface area contributed by atoms with Gasteiger partial charge >= 0.3 is 0 Å². The summed E-state index contributed by atoms with van der Waals surface area (Å²) in [6.45, 7) is 6.56. The molecule has 1 N–H and O–H groups in total. The summed E-state index contributed by atoms with van der Waals surface area (Å²) in [6.07, 6.45) is 2.01. The number of hydrogen-bond acceptors (Lipinski definition) is 4. The quantitative estimate of drug-likeness (QED) is 0.540. The van der Waals surface area contributed by atoms with Crippen molar-refractivity contribution < 1.29 is 9.47 Å². The van der Waals surface area contributed by atoms with Crippen LogP contribution in [0.3, 0.4) is 0 Å². The van der Waals surface area contributed by atoms with Crippen LogP contribution in [0.2, 0.25) is 5.02 Å². The molecule has 0 bridgehead atoms. The SMILES string of the molecule is CCNC(=NCC1(N(C)C)CCOCC1)N(C)CCOc1cccc(Cl)c1. The van der Waals surface area contributed by atoms with E-state index >= 15 is 0 Å². The van der Waals surface area contributed by atoms with Crippen LogP contribution < -0.4 is 10.1 Å². The Hall–Kier alpha value is -1.50. The van der Waals surface area contributed by atoms with Crippen LogP contribution in [-0.4, -0.2) is 81.9 Å². The Bertz CT molecular complexity index is 603. The highest BCUT2D eigenvalue weighted by molar-refractivity contribution is 6.30. The van der Waals surface area contributed by atoms with E-state index in [0.717, 1.165) is 57.4 Å². The van der Waals surface area contributed by atoms with Gasteiger partial charge in [-0.05, 0) is 52.1 Å². The zero-order valence-corrected chi connectivity index (χ0v) is 17.8. The first-order valence-corrected chi connectivity index (χ1v) is 9.97. The van der Waals surface area contributed by atoms with Crippen molar-refractivity contribution >= 4 is 17.6 Å². The minimum atomic E-state index is 0.0665. The van der Waals surface area contributed by atoms with Crippen molar-refractivity contribution in [1.82, 2.24) is 15.1 Å². The van der Waals surface area contributed by atoms with Crippen molar-refractivity contribution in [3.05, 3.63) is 29.3 Å². The summed E-state index contributed by atoms with van der Waals surface area (Å²) in [4.78, 5) is 9.33. The Kier molecular flexibility index (Phi) is 8.67. The maximum absolute atomic E-state index is 6.00. The zero-order chi connectivity index (χ0) is 19.7. The van der Waals surface area contributed by atoms with Crippen LogP contribution in [0.15, 0.2) is 29.3 Å². The van der Waals surface area contributed by atoms with E-state index in [1.807, 2.05) is 31.3 Å². The molecule has 1 aromatic carbocycles. The number of ether oxygens (including phenoxy) is 2. The molecule has 0 saturated carbocycles. The molecule has 0 unspecified atom stereocenters. The number of benzene rings is 1. The molecule has 0 radical (unpaired) electrons. The molecule has 27 heavy (non-hydrogen) atoms. The average Bonchev–Trinajstić information content (AvgIpc) is 2.65. The Morgan fingerprint density at radius 3 is 2.67 bits per heavy atom. The molecule has 0 amide bonds. The molecule has 152 valence electrons. The third-order valence-corrected chi connectivity index (χ3v) is 5.32. The maximum Gasteiger partial charge on any atom is 0.193 e. The molecule has 1 heterocycles. The highest BCUT2D eigenvalue weighted by Gasteiger charge is 2.34. The first kappa shape index (κ1) is 21.8. The lowest BCUT2D eigenvalue weighted by Crippen LogP contribution is -2.52. The predicted octanol–water partition coefficient (Wildman–Crippen LogP) is 2.73. The summed E-state index contributed by atoms with van der Waals surface area (Å²) in [5, 5.41) is 4.07. The summed E-state index contributed by atoms with van der Waals surface area (Å²) in [5.74, 6) is 1.69. The topological polar surface area (TPSA) is 49.3 Å². The zero-order valence-electron chi connectivity index (χ0n) is 17.0. The first-order valence-electron chi connectivity index (χ1n) is 9.60. The number of guanidine groups is 1. The molecule has 2 rings (SSSR count). The lowest BCUT2D eigenvalue weighted by Gasteiger charge is -2.42. The van der Waals surface area contributed by atoms with Crippen LogP contribution in [-0.2, 0) is 4.74 Å². The summed E-state index contributed by atoms with van der Waals surface area (Å²) in [7, 11) is 6.31. The highest BCUT2D eigenvalue weighted by Crippen LogP contribution is 2.26. The van der Waals surface area contributed by atoms with E-state index in [-0.39, 0.29) is 5.54 Å². The monoisotopic (exact) mass is 396 g/mol. The molecular weight excluding hydrogens is 364 g/mol. The fourth-order valence-electron chi connectivity index (χ4n) is 3.15. The third kappa shape index (κ3) is 6.55. The molecule has 6 nitrogen and oxygen atoms in total. The fraction of sp³-hybridized carbons (Fsp3) is 0.650. The van der Waals surface area contributed by atoms with Crippen LogP contribution in [0.1, 0.15) is 19.8 Å². The van der Waals surface area contributed by atoms with Crippen LogP contribution >= 0.6 is 11.6 Å². The standard InChI is InChI=1S/C20H33ClN4O2/c1-5-22-19(23-16-20(24(2)3)9-12-26-13-10-20)25(4)11-14-27-18-8-6-7-17(21)15-18/h6-8,15H,5,9-14,16H2,1-4H3,(H,22,23). The van der Waals surface area contributed by atoms with Gasteiger partial charge in [-0.2, -0.15) is 0 Å². The van der Waals surface area contributed by atoms with E-state index in [4.69, 9.17) is 26.1 Å². The Labute approximate surface area is 168 Å². The molecule has 1 saturated heterocycles. The van der Waals surface area contributed by atoms with Gasteiger partial charge in [0.05, 0.1) is 13.1 Å². The third-order valence-electron chi connectivity index (χ3n) is 5.08. The summed E-state index contributed by atoms with van der Waals surface area (Å²) < 4.78 is 11.4. The van der Waals surface area contributed by atoms with E-state index in [9.17, 15) is 0 Å². The average molecular weight is 397 g/mol. The maximum atomic E-state index is 6.00. The Morgan fingerprint density at radius 1 is 1.30 bits per heavy atom. The van der Waals surface area contributed by atoms with E-state index in [2.05, 4.69) is 36.1 Å². The van der Waals surface area contributed by atoms with Gasteiger partial charge in [0.15, 0.2) is 5.96 Å². The predicted molar refractivity (Wildman–Crippen MR) is 112 cm³/mol. The molecule has 1 aromatic rings. The Balaban J connectivity index is 1.94. The largest absolute Gasteiger partial charge is 0.492 e. The van der Waals surface area contributed by atoms with E-state index in [1.54, 1.807) is 0 Å². The Morgan fingerprint density at radius 2 is 2.04 bits per heavy atom. The van der Waals surface area contributed by atoms with Crippen molar-refractivity contribution in [3.63, 3.8) is 0 Å². The number of likely N-dealkylation sites (N-methyl/N-ethyl adjacent to an activating group) is 2. The summed E-state index contributed by atoms with van der Waals surface area (Å²) in [5.41, 5.74) is 0.0665. The van der Waals surface area contributed by atoms with Gasteiger partial charge in [0, 0.05) is 37.4 Å². The van der Waals surface area contributed by atoms with Crippen molar-refractivity contribution in [2.75, 3.05) is 60.6 Å². The van der Waals surface area contributed by atoms with Gasteiger partial charge in [0.2, 0.25) is 0 Å². The van der Waals surface area contributed by atoms with Gasteiger partial charge in [-0.1, -0.05) is 17.7 Å². The van der Waals surface area contributed by atoms with Crippen LogP contribution in [0.4, 0.5) is 0 Å². The molecule has 7 heteroatoms. The van der Waals surface area contributed by atoms with Crippen molar-refractivity contribution in [3.8, 4) is 5.75 Å². The van der Waals surface area contributed by atoms with Crippen molar-refractivity contribution in [1.29, 1.82) is 0 Å². The second-order valence-corrected chi connectivity index (χ2v) is 7.57. The summed E-state index contributed by atoms with van der Waals surface area (Å²) in [6, 6.07) is 7.47. The second kappa shape index (κ2) is 10.7. The first-order chi connectivity index (χ1) is 13.0. The number of nitrogens with zero attached hydrogens (tertiary/aromatic N) is 3. The molecule has 1 aliphatic heterocycles. The fourth-order valence-corrected chi connectivity index (χ4v) is 3.33. The van der Waals surface area contributed by atoms with Gasteiger partial charge < -0.3 is 24.6 Å². The molecule has 0 atom stereocenters. The number of halogens is 1. The molecule has 0 spiro atoms. The van der Waals surface area contributed by atoms with Gasteiger partial charge in [-0.3, -0.25) is 4.99 Å². The van der Waals surface area contributed by atoms with E-state index < -0.39 is 0 Å². The van der Waals surface area contributed by atoms with E-state index in [1.165, 1.54) is 0 Å². The lowest BCUT2D eigenvalue weighted by atomic mass is 9.89. The smallest absolute Gasteiger partial charge is 0.193 e. The molecular formula is C20H33ClN4O2. The minimum Gasteiger partial charge on any atom is -0.492 e. The molecule has 1 fully saturated rings. The van der Waals surface area contributed by atoms with Gasteiger partial charge in [0.25, 0.3) is 0 Å². The van der Waals surface area contributed by atoms with Crippen molar-refractivity contribution in [2.24, 2.45) is 4.99 Å².